The third-order valence-electron chi connectivity index (χ3n) is 5.48. The van der Waals surface area contributed by atoms with Crippen molar-refractivity contribution < 1.29 is 14.0 Å². The molecule has 0 bridgehead atoms. The molecule has 4 nitrogen and oxygen atoms in total. The molecular weight excluding hydrogens is 387 g/mol. The number of hydrogen-bond donors (Lipinski definition) is 2. The molecule has 29 heavy (non-hydrogen) atoms. The molecule has 1 aliphatic carbocycles. The van der Waals surface area contributed by atoms with Gasteiger partial charge in [0, 0.05) is 29.3 Å². The Morgan fingerprint density at radius 1 is 1.14 bits per heavy atom. The van der Waals surface area contributed by atoms with Crippen LogP contribution >= 0.6 is 11.8 Å². The number of carbonyl (C=O) groups is 2. The first-order chi connectivity index (χ1) is 14.1. The highest BCUT2D eigenvalue weighted by Crippen LogP contribution is 2.40. The van der Waals surface area contributed by atoms with E-state index in [9.17, 15) is 14.0 Å². The van der Waals surface area contributed by atoms with Crippen LogP contribution in [0.3, 0.4) is 0 Å². The fraction of sp³-hybridized carbons (Fsp3) is 0.304. The zero-order valence-corrected chi connectivity index (χ0v) is 16.8. The van der Waals surface area contributed by atoms with Gasteiger partial charge in [0.2, 0.25) is 5.91 Å². The molecule has 1 saturated carbocycles. The molecule has 0 aromatic heterocycles. The zero-order chi connectivity index (χ0) is 20.2. The van der Waals surface area contributed by atoms with E-state index in [-0.39, 0.29) is 34.8 Å². The minimum atomic E-state index is -0.339. The van der Waals surface area contributed by atoms with Gasteiger partial charge in [0.05, 0.1) is 4.91 Å². The Bertz CT molecular complexity index is 931. The van der Waals surface area contributed by atoms with E-state index in [1.165, 1.54) is 17.8 Å². The maximum atomic E-state index is 13.9. The zero-order valence-electron chi connectivity index (χ0n) is 15.9. The van der Waals surface area contributed by atoms with Crippen LogP contribution in [0.1, 0.15) is 30.4 Å². The number of fused-ring (bicyclic) bond motifs is 1. The molecule has 2 aliphatic rings. The van der Waals surface area contributed by atoms with Crippen LogP contribution in [0.25, 0.3) is 6.08 Å². The van der Waals surface area contributed by atoms with Crippen molar-refractivity contribution in [3.05, 3.63) is 76.4 Å². The third-order valence-corrected chi connectivity index (χ3v) is 6.90. The number of carbonyl (C=O) groups excluding carboxylic acids is 2. The lowest BCUT2D eigenvalue weighted by Crippen LogP contribution is -2.51. The van der Waals surface area contributed by atoms with E-state index < -0.39 is 0 Å². The van der Waals surface area contributed by atoms with E-state index in [0.717, 1.165) is 18.4 Å². The van der Waals surface area contributed by atoms with Gasteiger partial charge in [-0.25, -0.2) is 4.39 Å². The van der Waals surface area contributed by atoms with Crippen molar-refractivity contribution in [2.24, 2.45) is 5.92 Å². The molecule has 3 atom stereocenters. The van der Waals surface area contributed by atoms with Crippen molar-refractivity contribution in [3.8, 4) is 0 Å². The second kappa shape index (κ2) is 8.82. The highest BCUT2D eigenvalue weighted by Gasteiger charge is 2.39. The summed E-state index contributed by atoms with van der Waals surface area (Å²) in [5, 5.41) is 6.26. The minimum absolute atomic E-state index is 0.0357. The molecule has 2 amide bonds. The van der Waals surface area contributed by atoms with E-state index >= 15 is 0 Å². The normalized spacial score (nSPS) is 25.2. The average molecular weight is 411 g/mol. The lowest BCUT2D eigenvalue weighted by Gasteiger charge is -2.39. The van der Waals surface area contributed by atoms with E-state index in [2.05, 4.69) is 10.6 Å². The number of halogens is 1. The number of thioether (sulfide) groups is 1. The molecule has 0 spiro atoms. The Hall–Kier alpha value is -2.60. The molecule has 4 rings (SSSR count). The van der Waals surface area contributed by atoms with Gasteiger partial charge in [0.25, 0.3) is 5.91 Å². The molecule has 2 aromatic carbocycles. The van der Waals surface area contributed by atoms with Gasteiger partial charge < -0.3 is 10.6 Å². The van der Waals surface area contributed by atoms with Crippen LogP contribution < -0.4 is 10.6 Å². The number of amides is 2. The molecule has 1 saturated heterocycles. The first-order valence-corrected chi connectivity index (χ1v) is 10.7. The SMILES string of the molecule is O=C1NC2CC(C(=O)NCc3ccccc3)CCC2S/C1=C/c1ccccc1F. The highest BCUT2D eigenvalue weighted by molar-refractivity contribution is 8.04. The van der Waals surface area contributed by atoms with Crippen LogP contribution in [0.2, 0.25) is 0 Å². The lowest BCUT2D eigenvalue weighted by atomic mass is 9.84. The van der Waals surface area contributed by atoms with Crippen molar-refractivity contribution in [2.75, 3.05) is 0 Å². The second-order valence-electron chi connectivity index (χ2n) is 7.48. The summed E-state index contributed by atoms with van der Waals surface area (Å²) in [6.07, 6.45) is 3.88. The summed E-state index contributed by atoms with van der Waals surface area (Å²) in [7, 11) is 0. The molecule has 2 N–H and O–H groups in total. The molecule has 2 fully saturated rings. The topological polar surface area (TPSA) is 58.2 Å². The average Bonchev–Trinajstić information content (AvgIpc) is 2.74. The second-order valence-corrected chi connectivity index (χ2v) is 8.76. The van der Waals surface area contributed by atoms with Crippen LogP contribution in [0.15, 0.2) is 59.5 Å². The van der Waals surface area contributed by atoms with Gasteiger partial charge in [-0.05, 0) is 37.0 Å². The Morgan fingerprint density at radius 2 is 1.90 bits per heavy atom. The predicted octanol–water partition coefficient (Wildman–Crippen LogP) is 3.88. The smallest absolute Gasteiger partial charge is 0.257 e. The monoisotopic (exact) mass is 410 g/mol. The van der Waals surface area contributed by atoms with Crippen LogP contribution in [-0.4, -0.2) is 23.1 Å². The summed E-state index contributed by atoms with van der Waals surface area (Å²) in [6, 6.07) is 16.2. The summed E-state index contributed by atoms with van der Waals surface area (Å²) in [5.74, 6) is -0.587. The standard InChI is InChI=1S/C23H23FN2O2S/c24-18-9-5-4-8-16(18)13-21-23(28)26-19-12-17(10-11-20(19)29-21)22(27)25-14-15-6-2-1-3-7-15/h1-9,13,17,19-20H,10-12,14H2,(H,25,27)(H,26,28)/b21-13+. The minimum Gasteiger partial charge on any atom is -0.352 e. The molecule has 2 aromatic rings. The van der Waals surface area contributed by atoms with Crippen molar-refractivity contribution >= 4 is 29.7 Å². The van der Waals surface area contributed by atoms with Crippen LogP contribution in [0.5, 0.6) is 0 Å². The van der Waals surface area contributed by atoms with Crippen LogP contribution in [0.4, 0.5) is 4.39 Å². The first-order valence-electron chi connectivity index (χ1n) is 9.85. The predicted molar refractivity (Wildman–Crippen MR) is 113 cm³/mol. The van der Waals surface area contributed by atoms with Gasteiger partial charge >= 0.3 is 0 Å². The molecule has 6 heteroatoms. The van der Waals surface area contributed by atoms with Gasteiger partial charge in [-0.15, -0.1) is 11.8 Å². The maximum absolute atomic E-state index is 13.9. The largest absolute Gasteiger partial charge is 0.352 e. The Kier molecular flexibility index (Phi) is 6.00. The summed E-state index contributed by atoms with van der Waals surface area (Å²) >= 11 is 1.50. The lowest BCUT2D eigenvalue weighted by molar-refractivity contribution is -0.127. The van der Waals surface area contributed by atoms with E-state index in [1.54, 1.807) is 24.3 Å². The Balaban J connectivity index is 1.36. The molecule has 3 unspecified atom stereocenters. The molecule has 150 valence electrons. The van der Waals surface area contributed by atoms with Gasteiger partial charge in [-0.2, -0.15) is 0 Å². The van der Waals surface area contributed by atoms with Crippen LogP contribution in [0, 0.1) is 11.7 Å². The van der Waals surface area contributed by atoms with Crippen molar-refractivity contribution in [2.45, 2.75) is 37.1 Å². The van der Waals surface area contributed by atoms with E-state index in [4.69, 9.17) is 0 Å². The number of hydrogen-bond acceptors (Lipinski definition) is 3. The third kappa shape index (κ3) is 4.70. The van der Waals surface area contributed by atoms with Gasteiger partial charge in [-0.3, -0.25) is 9.59 Å². The van der Waals surface area contributed by atoms with Crippen molar-refractivity contribution in [3.63, 3.8) is 0 Å². The summed E-state index contributed by atoms with van der Waals surface area (Å²) in [6.45, 7) is 0.515. The molecule has 1 heterocycles. The molecule has 0 radical (unpaired) electrons. The number of benzene rings is 2. The van der Waals surface area contributed by atoms with Crippen molar-refractivity contribution in [1.29, 1.82) is 0 Å². The highest BCUT2D eigenvalue weighted by atomic mass is 32.2. The summed E-state index contributed by atoms with van der Waals surface area (Å²) in [5.41, 5.74) is 1.48. The van der Waals surface area contributed by atoms with Gasteiger partial charge in [0.1, 0.15) is 5.82 Å². The quantitative estimate of drug-likeness (QED) is 0.752. The molecule has 1 aliphatic heterocycles. The number of nitrogens with one attached hydrogen (secondary N) is 2. The summed E-state index contributed by atoms with van der Waals surface area (Å²) < 4.78 is 13.9. The Labute approximate surface area is 174 Å². The van der Waals surface area contributed by atoms with E-state index in [0.29, 0.717) is 23.4 Å². The van der Waals surface area contributed by atoms with Gasteiger partial charge in [-0.1, -0.05) is 48.5 Å². The van der Waals surface area contributed by atoms with Crippen molar-refractivity contribution in [1.82, 2.24) is 10.6 Å². The summed E-state index contributed by atoms with van der Waals surface area (Å²) in [4.78, 5) is 25.6. The molecular formula is C23H23FN2O2S. The number of rotatable bonds is 4. The van der Waals surface area contributed by atoms with E-state index in [1.807, 2.05) is 30.3 Å². The first kappa shape index (κ1) is 19.7. The van der Waals surface area contributed by atoms with Crippen LogP contribution in [-0.2, 0) is 16.1 Å². The maximum Gasteiger partial charge on any atom is 0.257 e. The van der Waals surface area contributed by atoms with Gasteiger partial charge in [0.15, 0.2) is 0 Å². The Morgan fingerprint density at radius 3 is 2.69 bits per heavy atom. The fourth-order valence-electron chi connectivity index (χ4n) is 3.89. The fourth-order valence-corrected chi connectivity index (χ4v) is 5.18.